The van der Waals surface area contributed by atoms with E-state index in [9.17, 15) is 14.4 Å². The number of anilines is 1. The second kappa shape index (κ2) is 8.89. The highest BCUT2D eigenvalue weighted by Gasteiger charge is 2.32. The van der Waals surface area contributed by atoms with Crippen LogP contribution in [0.4, 0.5) is 5.69 Å². The minimum atomic E-state index is -0.744. The van der Waals surface area contributed by atoms with Gasteiger partial charge in [-0.3, -0.25) is 9.59 Å². The Morgan fingerprint density at radius 3 is 2.57 bits per heavy atom. The van der Waals surface area contributed by atoms with Crippen molar-refractivity contribution in [3.63, 3.8) is 0 Å². The quantitative estimate of drug-likeness (QED) is 0.774. The fraction of sp³-hybridized carbons (Fsp3) is 0.286. The topological polar surface area (TPSA) is 75.7 Å². The highest BCUT2D eigenvalue weighted by Crippen LogP contribution is 2.28. The van der Waals surface area contributed by atoms with E-state index in [0.717, 1.165) is 18.4 Å². The summed E-state index contributed by atoms with van der Waals surface area (Å²) < 4.78 is 4.71. The first kappa shape index (κ1) is 19.9. The fourth-order valence-electron chi connectivity index (χ4n) is 3.29. The molecule has 0 bridgehead atoms. The average molecular weight is 401 g/mol. The van der Waals surface area contributed by atoms with Crippen LogP contribution in [0.2, 0.25) is 5.02 Å². The first-order chi connectivity index (χ1) is 13.5. The average Bonchev–Trinajstić information content (AvgIpc) is 2.71. The van der Waals surface area contributed by atoms with Crippen LogP contribution in [0.3, 0.4) is 0 Å². The maximum absolute atomic E-state index is 13.1. The van der Waals surface area contributed by atoms with Gasteiger partial charge in [0, 0.05) is 18.7 Å². The Hall–Kier alpha value is -2.86. The van der Waals surface area contributed by atoms with Crippen LogP contribution < -0.4 is 5.32 Å². The summed E-state index contributed by atoms with van der Waals surface area (Å²) in [6, 6.07) is 13.0. The largest absolute Gasteiger partial charge is 0.465 e. The van der Waals surface area contributed by atoms with Crippen molar-refractivity contribution in [2.24, 2.45) is 0 Å². The first-order valence-electron chi connectivity index (χ1n) is 9.04. The first-order valence-corrected chi connectivity index (χ1v) is 9.42. The normalized spacial score (nSPS) is 15.1. The number of esters is 1. The Bertz CT molecular complexity index is 885. The Balaban J connectivity index is 1.90. The minimum Gasteiger partial charge on any atom is -0.465 e. The highest BCUT2D eigenvalue weighted by molar-refractivity contribution is 6.33. The van der Waals surface area contributed by atoms with Gasteiger partial charge >= 0.3 is 5.97 Å². The van der Waals surface area contributed by atoms with E-state index in [-0.39, 0.29) is 22.4 Å². The van der Waals surface area contributed by atoms with Crippen molar-refractivity contribution < 1.29 is 19.1 Å². The zero-order valence-electron chi connectivity index (χ0n) is 15.5. The van der Waals surface area contributed by atoms with Gasteiger partial charge in [-0.25, -0.2) is 4.79 Å². The number of nitrogens with one attached hydrogen (secondary N) is 1. The lowest BCUT2D eigenvalue weighted by molar-refractivity contribution is -0.141. The van der Waals surface area contributed by atoms with E-state index < -0.39 is 12.0 Å². The lowest BCUT2D eigenvalue weighted by Gasteiger charge is -2.34. The van der Waals surface area contributed by atoms with Crippen LogP contribution in [0.25, 0.3) is 0 Å². The van der Waals surface area contributed by atoms with Gasteiger partial charge in [-0.2, -0.15) is 0 Å². The molecular weight excluding hydrogens is 380 g/mol. The van der Waals surface area contributed by atoms with Crippen LogP contribution in [0, 0.1) is 0 Å². The van der Waals surface area contributed by atoms with E-state index in [1.54, 1.807) is 11.0 Å². The molecular formula is C21H21ClN2O4. The van der Waals surface area contributed by atoms with Crippen molar-refractivity contribution >= 4 is 35.1 Å². The smallest absolute Gasteiger partial charge is 0.339 e. The number of nitrogens with zero attached hydrogens (tertiary/aromatic N) is 1. The van der Waals surface area contributed by atoms with Crippen LogP contribution in [-0.2, 0) is 14.3 Å². The molecule has 28 heavy (non-hydrogen) atoms. The van der Waals surface area contributed by atoms with Gasteiger partial charge in [-0.1, -0.05) is 41.9 Å². The van der Waals surface area contributed by atoms with Gasteiger partial charge in [-0.05, 0) is 36.6 Å². The molecule has 1 N–H and O–H groups in total. The van der Waals surface area contributed by atoms with Crippen LogP contribution in [-0.4, -0.2) is 36.3 Å². The maximum atomic E-state index is 13.1. The molecule has 146 valence electrons. The molecule has 1 aliphatic heterocycles. The summed E-state index contributed by atoms with van der Waals surface area (Å²) >= 11 is 6.04. The molecule has 2 amide bonds. The Morgan fingerprint density at radius 1 is 1.14 bits per heavy atom. The number of amides is 2. The summed E-state index contributed by atoms with van der Waals surface area (Å²) in [5, 5.41) is 3.04. The Kier molecular flexibility index (Phi) is 6.31. The lowest BCUT2D eigenvalue weighted by atomic mass is 10.0. The second-order valence-electron chi connectivity index (χ2n) is 6.53. The zero-order chi connectivity index (χ0) is 20.1. The summed E-state index contributed by atoms with van der Waals surface area (Å²) in [6.45, 7) is 0.528. The zero-order valence-corrected chi connectivity index (χ0v) is 16.2. The molecule has 6 nitrogen and oxygen atoms in total. The van der Waals surface area contributed by atoms with Crippen LogP contribution in [0.5, 0.6) is 0 Å². The molecule has 7 heteroatoms. The molecule has 1 fully saturated rings. The summed E-state index contributed by atoms with van der Waals surface area (Å²) in [7, 11) is 1.26. The predicted octanol–water partition coefficient (Wildman–Crippen LogP) is 3.82. The number of likely N-dealkylation sites (tertiary alicyclic amines) is 1. The van der Waals surface area contributed by atoms with Gasteiger partial charge < -0.3 is 15.0 Å². The molecule has 0 aromatic heterocycles. The maximum Gasteiger partial charge on any atom is 0.339 e. The van der Waals surface area contributed by atoms with E-state index in [4.69, 9.17) is 16.3 Å². The molecule has 1 unspecified atom stereocenters. The summed E-state index contributed by atoms with van der Waals surface area (Å²) in [6.07, 6.45) is 2.12. The fourth-order valence-corrected chi connectivity index (χ4v) is 3.48. The number of ether oxygens (including phenoxy) is 1. The van der Waals surface area contributed by atoms with Crippen molar-refractivity contribution in [3.8, 4) is 0 Å². The SMILES string of the molecule is COC(=O)c1cc(NC(=O)C(c2ccccc2)N2CCCCC2=O)ccc1Cl. The number of hydrogen-bond donors (Lipinski definition) is 1. The Labute approximate surface area is 168 Å². The van der Waals surface area contributed by atoms with Gasteiger partial charge in [0.1, 0.15) is 6.04 Å². The van der Waals surface area contributed by atoms with Crippen molar-refractivity contribution in [2.75, 3.05) is 19.0 Å². The van der Waals surface area contributed by atoms with E-state index >= 15 is 0 Å². The molecule has 0 aliphatic carbocycles. The van der Waals surface area contributed by atoms with Gasteiger partial charge in [0.15, 0.2) is 0 Å². The van der Waals surface area contributed by atoms with Crippen molar-refractivity contribution in [3.05, 3.63) is 64.7 Å². The Morgan fingerprint density at radius 2 is 1.89 bits per heavy atom. The predicted molar refractivity (Wildman–Crippen MR) is 106 cm³/mol. The standard InChI is InChI=1S/C21H21ClN2O4/c1-28-21(27)16-13-15(10-11-17(16)22)23-20(26)19(14-7-3-2-4-8-14)24-12-6-5-9-18(24)25/h2-4,7-8,10-11,13,19H,5-6,9,12H2,1H3,(H,23,26). The number of piperidine rings is 1. The summed E-state index contributed by atoms with van der Waals surface area (Å²) in [4.78, 5) is 39.1. The number of hydrogen-bond acceptors (Lipinski definition) is 4. The van der Waals surface area contributed by atoms with Crippen LogP contribution >= 0.6 is 11.6 Å². The van der Waals surface area contributed by atoms with Crippen molar-refractivity contribution in [1.82, 2.24) is 4.90 Å². The van der Waals surface area contributed by atoms with Crippen LogP contribution in [0.1, 0.15) is 41.2 Å². The molecule has 3 rings (SSSR count). The van der Waals surface area contributed by atoms with E-state index in [1.165, 1.54) is 19.2 Å². The molecule has 1 saturated heterocycles. The molecule has 1 aliphatic rings. The number of benzene rings is 2. The third kappa shape index (κ3) is 4.34. The van der Waals surface area contributed by atoms with E-state index in [2.05, 4.69) is 5.32 Å². The molecule has 1 heterocycles. The lowest BCUT2D eigenvalue weighted by Crippen LogP contribution is -2.43. The van der Waals surface area contributed by atoms with E-state index in [0.29, 0.717) is 18.7 Å². The molecule has 1 atom stereocenters. The summed E-state index contributed by atoms with van der Waals surface area (Å²) in [5.74, 6) is -0.979. The third-order valence-corrected chi connectivity index (χ3v) is 5.00. The van der Waals surface area contributed by atoms with Gasteiger partial charge in [0.05, 0.1) is 17.7 Å². The van der Waals surface area contributed by atoms with Crippen LogP contribution in [0.15, 0.2) is 48.5 Å². The second-order valence-corrected chi connectivity index (χ2v) is 6.94. The third-order valence-electron chi connectivity index (χ3n) is 4.67. The van der Waals surface area contributed by atoms with Crippen molar-refractivity contribution in [2.45, 2.75) is 25.3 Å². The van der Waals surface area contributed by atoms with Gasteiger partial charge in [-0.15, -0.1) is 0 Å². The molecule has 0 spiro atoms. The molecule has 2 aromatic carbocycles. The number of halogens is 1. The number of rotatable bonds is 5. The van der Waals surface area contributed by atoms with E-state index in [1.807, 2.05) is 30.3 Å². The molecule has 0 radical (unpaired) electrons. The molecule has 0 saturated carbocycles. The number of methoxy groups -OCH3 is 1. The number of carbonyl (C=O) groups excluding carboxylic acids is 3. The highest BCUT2D eigenvalue weighted by atomic mass is 35.5. The molecule has 2 aromatic rings. The van der Waals surface area contributed by atoms with Crippen molar-refractivity contribution in [1.29, 1.82) is 0 Å². The monoisotopic (exact) mass is 400 g/mol. The number of carbonyl (C=O) groups is 3. The van der Waals surface area contributed by atoms with Gasteiger partial charge in [0.25, 0.3) is 5.91 Å². The minimum absolute atomic E-state index is 0.0402. The van der Waals surface area contributed by atoms with Gasteiger partial charge in [0.2, 0.25) is 5.91 Å². The summed E-state index contributed by atoms with van der Waals surface area (Å²) in [5.41, 5.74) is 1.30.